The third-order valence-electron chi connectivity index (χ3n) is 1.85. The third kappa shape index (κ3) is 16.1. The number of hydrogen-bond donors (Lipinski definition) is 3. The van der Waals surface area contributed by atoms with Gasteiger partial charge >= 0.3 is 5.97 Å². The Morgan fingerprint density at radius 1 is 1.33 bits per heavy atom. The average molecular weight is 218 g/mol. The van der Waals surface area contributed by atoms with E-state index in [1.807, 2.05) is 13.8 Å². The van der Waals surface area contributed by atoms with Crippen LogP contribution >= 0.6 is 0 Å². The highest BCUT2D eigenvalue weighted by atomic mass is 16.4. The maximum Gasteiger partial charge on any atom is 0.320 e. The first-order valence-electron chi connectivity index (χ1n) is 5.64. The Kier molecular flexibility index (Phi) is 12.8. The second-order valence-corrected chi connectivity index (χ2v) is 4.07. The molecule has 0 heterocycles. The summed E-state index contributed by atoms with van der Waals surface area (Å²) in [5.74, 6) is -0.556. The van der Waals surface area contributed by atoms with Crippen molar-refractivity contribution < 1.29 is 9.90 Å². The number of aliphatic carboxylic acids is 1. The summed E-state index contributed by atoms with van der Waals surface area (Å²) in [5.41, 5.74) is 10.4. The van der Waals surface area contributed by atoms with E-state index in [0.29, 0.717) is 12.3 Å². The van der Waals surface area contributed by atoms with Gasteiger partial charge in [0.05, 0.1) is 0 Å². The summed E-state index contributed by atoms with van der Waals surface area (Å²) in [6.45, 7) is 6.93. The fraction of sp³-hybridized carbons (Fsp3) is 0.909. The lowest BCUT2D eigenvalue weighted by atomic mass is 10.1. The van der Waals surface area contributed by atoms with Crippen LogP contribution < -0.4 is 11.5 Å². The molecule has 0 aromatic heterocycles. The van der Waals surface area contributed by atoms with Crippen LogP contribution in [-0.4, -0.2) is 23.7 Å². The smallest absolute Gasteiger partial charge is 0.320 e. The molecule has 0 aliphatic rings. The third-order valence-corrected chi connectivity index (χ3v) is 1.85. The fourth-order valence-corrected chi connectivity index (χ4v) is 1.00. The first kappa shape index (κ1) is 16.8. The van der Waals surface area contributed by atoms with E-state index >= 15 is 0 Å². The minimum atomic E-state index is -0.913. The highest BCUT2D eigenvalue weighted by Gasteiger charge is 2.11. The van der Waals surface area contributed by atoms with E-state index in [9.17, 15) is 4.79 Å². The number of carbonyl (C=O) groups is 1. The summed E-state index contributed by atoms with van der Waals surface area (Å²) in [7, 11) is 0. The molecule has 4 nitrogen and oxygen atoms in total. The van der Waals surface area contributed by atoms with Crippen LogP contribution in [0.3, 0.4) is 0 Å². The van der Waals surface area contributed by atoms with Crippen molar-refractivity contribution in [3.05, 3.63) is 0 Å². The zero-order valence-electron chi connectivity index (χ0n) is 10.2. The summed E-state index contributed by atoms with van der Waals surface area (Å²) in [4.78, 5) is 10.1. The molecule has 0 aliphatic heterocycles. The monoisotopic (exact) mass is 218 g/mol. The van der Waals surface area contributed by atoms with Crippen molar-refractivity contribution in [3.63, 3.8) is 0 Å². The molecule has 5 N–H and O–H groups in total. The molecule has 0 aromatic rings. The topological polar surface area (TPSA) is 89.3 Å². The van der Waals surface area contributed by atoms with E-state index in [4.69, 9.17) is 16.6 Å². The van der Waals surface area contributed by atoms with Gasteiger partial charge in [0, 0.05) is 0 Å². The molecule has 0 rings (SSSR count). The molecule has 0 bridgehead atoms. The maximum absolute atomic E-state index is 10.1. The van der Waals surface area contributed by atoms with Gasteiger partial charge in [0.25, 0.3) is 0 Å². The fourth-order valence-electron chi connectivity index (χ4n) is 1.00. The van der Waals surface area contributed by atoms with Gasteiger partial charge in [0.1, 0.15) is 6.04 Å². The van der Waals surface area contributed by atoms with Crippen molar-refractivity contribution in [2.45, 2.75) is 52.5 Å². The highest BCUT2D eigenvalue weighted by Crippen LogP contribution is 2.01. The predicted molar refractivity (Wildman–Crippen MR) is 63.6 cm³/mol. The summed E-state index contributed by atoms with van der Waals surface area (Å²) in [6, 6.07) is -0.690. The van der Waals surface area contributed by atoms with E-state index in [-0.39, 0.29) is 0 Å². The van der Waals surface area contributed by atoms with Crippen LogP contribution in [0.4, 0.5) is 0 Å². The van der Waals surface area contributed by atoms with Crippen molar-refractivity contribution in [2.24, 2.45) is 17.4 Å². The van der Waals surface area contributed by atoms with E-state index in [1.165, 1.54) is 19.3 Å². The van der Waals surface area contributed by atoms with Crippen LogP contribution in [0.1, 0.15) is 46.5 Å². The second-order valence-electron chi connectivity index (χ2n) is 4.07. The van der Waals surface area contributed by atoms with Crippen LogP contribution in [0.15, 0.2) is 0 Å². The molecule has 1 unspecified atom stereocenters. The maximum atomic E-state index is 10.1. The molecule has 0 radical (unpaired) electrons. The summed E-state index contributed by atoms with van der Waals surface area (Å²) >= 11 is 0. The normalized spacial score (nSPS) is 11.9. The standard InChI is InChI=1S/C6H13NO2.C5H13N/c1-4(2)3-5(7)6(8)9;1-2-3-4-5-6/h4-5H,3,7H2,1-2H3,(H,8,9);2-6H2,1H3. The Morgan fingerprint density at radius 2 is 1.87 bits per heavy atom. The van der Waals surface area contributed by atoms with Crippen molar-refractivity contribution in [1.82, 2.24) is 0 Å². The highest BCUT2D eigenvalue weighted by molar-refractivity contribution is 5.72. The Morgan fingerprint density at radius 3 is 2.00 bits per heavy atom. The second kappa shape index (κ2) is 11.5. The van der Waals surface area contributed by atoms with Crippen LogP contribution in [-0.2, 0) is 4.79 Å². The molecule has 92 valence electrons. The lowest BCUT2D eigenvalue weighted by Crippen LogP contribution is -2.31. The minimum absolute atomic E-state index is 0.357. The van der Waals surface area contributed by atoms with E-state index in [2.05, 4.69) is 6.92 Å². The van der Waals surface area contributed by atoms with Crippen LogP contribution in [0.25, 0.3) is 0 Å². The minimum Gasteiger partial charge on any atom is -0.480 e. The van der Waals surface area contributed by atoms with Crippen molar-refractivity contribution in [1.29, 1.82) is 0 Å². The number of hydrogen-bond acceptors (Lipinski definition) is 3. The summed E-state index contributed by atoms with van der Waals surface area (Å²) < 4.78 is 0. The number of nitrogens with two attached hydrogens (primary N) is 2. The first-order valence-corrected chi connectivity index (χ1v) is 5.64. The largest absolute Gasteiger partial charge is 0.480 e. The first-order chi connectivity index (χ1) is 6.95. The molecule has 0 aromatic carbocycles. The zero-order valence-corrected chi connectivity index (χ0v) is 10.2. The Hall–Kier alpha value is -0.610. The van der Waals surface area contributed by atoms with Gasteiger partial charge in [-0.15, -0.1) is 0 Å². The molecule has 15 heavy (non-hydrogen) atoms. The molecular formula is C11H26N2O2. The van der Waals surface area contributed by atoms with Crippen LogP contribution in [0, 0.1) is 5.92 Å². The number of carboxylic acids is 1. The average Bonchev–Trinajstić information content (AvgIpc) is 2.14. The van der Waals surface area contributed by atoms with Gasteiger partial charge in [-0.25, -0.2) is 0 Å². The lowest BCUT2D eigenvalue weighted by Gasteiger charge is -2.07. The van der Waals surface area contributed by atoms with E-state index in [1.54, 1.807) is 0 Å². The van der Waals surface area contributed by atoms with Gasteiger partial charge in [-0.2, -0.15) is 0 Å². The molecule has 0 fully saturated rings. The Labute approximate surface area is 93.0 Å². The summed E-state index contributed by atoms with van der Waals surface area (Å²) in [6.07, 6.45) is 4.31. The van der Waals surface area contributed by atoms with Gasteiger partial charge in [-0.05, 0) is 25.3 Å². The molecule has 1 atom stereocenters. The van der Waals surface area contributed by atoms with Gasteiger partial charge in [-0.3, -0.25) is 4.79 Å². The molecule has 0 saturated carbocycles. The van der Waals surface area contributed by atoms with Gasteiger partial charge in [-0.1, -0.05) is 33.6 Å². The number of unbranched alkanes of at least 4 members (excludes halogenated alkanes) is 2. The molecule has 0 aliphatic carbocycles. The molecule has 4 heteroatoms. The van der Waals surface area contributed by atoms with Crippen LogP contribution in [0.5, 0.6) is 0 Å². The van der Waals surface area contributed by atoms with E-state index in [0.717, 1.165) is 6.54 Å². The van der Waals surface area contributed by atoms with E-state index < -0.39 is 12.0 Å². The molecule has 0 spiro atoms. The van der Waals surface area contributed by atoms with Gasteiger partial charge < -0.3 is 16.6 Å². The van der Waals surface area contributed by atoms with Crippen LogP contribution in [0.2, 0.25) is 0 Å². The quantitative estimate of drug-likeness (QED) is 0.590. The van der Waals surface area contributed by atoms with Crippen molar-refractivity contribution in [3.8, 4) is 0 Å². The zero-order chi connectivity index (χ0) is 12.3. The lowest BCUT2D eigenvalue weighted by molar-refractivity contribution is -0.138. The molecule has 0 saturated heterocycles. The number of rotatable bonds is 6. The van der Waals surface area contributed by atoms with Gasteiger partial charge in [0.2, 0.25) is 0 Å². The molecule has 0 amide bonds. The number of carboxylic acid groups (broad SMARTS) is 1. The molecular weight excluding hydrogens is 192 g/mol. The SMILES string of the molecule is CC(C)CC(N)C(=O)O.CCCCCN. The Bertz CT molecular complexity index is 146. The Balaban J connectivity index is 0. The van der Waals surface area contributed by atoms with Crippen molar-refractivity contribution >= 4 is 5.97 Å². The predicted octanol–water partition coefficient (Wildman–Crippen LogP) is 1.58. The van der Waals surface area contributed by atoms with Gasteiger partial charge in [0.15, 0.2) is 0 Å². The van der Waals surface area contributed by atoms with Crippen molar-refractivity contribution in [2.75, 3.05) is 6.54 Å². The summed E-state index contributed by atoms with van der Waals surface area (Å²) in [5, 5.41) is 8.31.